The Bertz CT molecular complexity index is 839. The molecule has 7 heteroatoms. The number of benzene rings is 1. The third-order valence-electron chi connectivity index (χ3n) is 4.73. The van der Waals surface area contributed by atoms with Crippen molar-refractivity contribution < 1.29 is 19.4 Å². The number of phenolic OH excluding ortho intramolecular Hbond substituents is 1. The fourth-order valence-corrected chi connectivity index (χ4v) is 4.45. The van der Waals surface area contributed by atoms with Gasteiger partial charge in [-0.3, -0.25) is 9.69 Å². The van der Waals surface area contributed by atoms with Crippen molar-refractivity contribution >= 4 is 38.3 Å². The van der Waals surface area contributed by atoms with Crippen molar-refractivity contribution in [1.29, 1.82) is 0 Å². The second kappa shape index (κ2) is 11.2. The van der Waals surface area contributed by atoms with Crippen LogP contribution in [0, 0.1) is 0 Å². The average molecular weight is 421 g/mol. The Balaban J connectivity index is 2.43. The number of rotatable bonds is 11. The summed E-state index contributed by atoms with van der Waals surface area (Å²) in [7, 11) is 0. The van der Waals surface area contributed by atoms with E-state index in [0.717, 1.165) is 44.3 Å². The molecule has 2 N–H and O–H groups in total. The zero-order chi connectivity index (χ0) is 21.4. The summed E-state index contributed by atoms with van der Waals surface area (Å²) in [6.45, 7) is 10.4. The highest BCUT2D eigenvalue weighted by Crippen LogP contribution is 2.42. The monoisotopic (exact) mass is 420 g/mol. The summed E-state index contributed by atoms with van der Waals surface area (Å²) in [6.07, 6.45) is 4.49. The molecule has 1 aromatic heterocycles. The number of carbonyl (C=O) groups is 2. The molecule has 0 aliphatic heterocycles. The Hall–Kier alpha value is -2.12. The van der Waals surface area contributed by atoms with E-state index in [-0.39, 0.29) is 18.3 Å². The Morgan fingerprint density at radius 1 is 1.14 bits per heavy atom. The minimum Gasteiger partial charge on any atom is -0.506 e. The summed E-state index contributed by atoms with van der Waals surface area (Å²) in [5.74, 6) is -0.595. The summed E-state index contributed by atoms with van der Waals surface area (Å²) in [5, 5.41) is 14.7. The van der Waals surface area contributed by atoms with Crippen molar-refractivity contribution in [2.45, 2.75) is 59.9 Å². The van der Waals surface area contributed by atoms with Crippen LogP contribution in [0.2, 0.25) is 0 Å². The number of aromatic hydroxyl groups is 1. The van der Waals surface area contributed by atoms with Crippen molar-refractivity contribution in [2.24, 2.45) is 0 Å². The lowest BCUT2D eigenvalue weighted by atomic mass is 10.1. The molecule has 2 rings (SSSR count). The van der Waals surface area contributed by atoms with Crippen LogP contribution in [0.4, 0.5) is 5.00 Å². The maximum Gasteiger partial charge on any atom is 0.341 e. The zero-order valence-corrected chi connectivity index (χ0v) is 18.7. The zero-order valence-electron chi connectivity index (χ0n) is 17.8. The van der Waals surface area contributed by atoms with Gasteiger partial charge >= 0.3 is 5.97 Å². The number of phenols is 1. The van der Waals surface area contributed by atoms with Crippen LogP contribution in [0.15, 0.2) is 12.1 Å². The van der Waals surface area contributed by atoms with Crippen LogP contribution in [-0.2, 0) is 16.1 Å². The normalized spacial score (nSPS) is 11.2. The Morgan fingerprint density at radius 3 is 2.34 bits per heavy atom. The van der Waals surface area contributed by atoms with Crippen molar-refractivity contribution in [3.8, 4) is 5.75 Å². The van der Waals surface area contributed by atoms with Gasteiger partial charge in [0.15, 0.2) is 0 Å². The molecule has 0 saturated carbocycles. The molecule has 0 unspecified atom stereocenters. The molecule has 0 aliphatic carbocycles. The van der Waals surface area contributed by atoms with Crippen molar-refractivity contribution in [3.05, 3.63) is 23.3 Å². The van der Waals surface area contributed by atoms with E-state index in [1.165, 1.54) is 18.3 Å². The molecule has 1 heterocycles. The van der Waals surface area contributed by atoms with Crippen LogP contribution >= 0.6 is 11.3 Å². The summed E-state index contributed by atoms with van der Waals surface area (Å²) in [6, 6.07) is 3.71. The van der Waals surface area contributed by atoms with E-state index in [1.807, 2.05) is 12.1 Å². The molecule has 0 aliphatic rings. The number of hydrogen-bond donors (Lipinski definition) is 2. The number of unbranched alkanes of at least 4 members (excludes halogenated alkanes) is 2. The van der Waals surface area contributed by atoms with Crippen LogP contribution in [0.3, 0.4) is 0 Å². The van der Waals surface area contributed by atoms with Gasteiger partial charge in [0.1, 0.15) is 16.3 Å². The number of amides is 1. The summed E-state index contributed by atoms with van der Waals surface area (Å²) in [5.41, 5.74) is 1.13. The van der Waals surface area contributed by atoms with E-state index in [9.17, 15) is 14.7 Å². The van der Waals surface area contributed by atoms with Gasteiger partial charge in [-0.2, -0.15) is 0 Å². The molecule has 0 saturated heterocycles. The topological polar surface area (TPSA) is 78.9 Å². The van der Waals surface area contributed by atoms with Gasteiger partial charge in [-0.1, -0.05) is 38.8 Å². The van der Waals surface area contributed by atoms with Gasteiger partial charge in [0.25, 0.3) is 0 Å². The van der Waals surface area contributed by atoms with E-state index in [1.54, 1.807) is 6.92 Å². The molecule has 1 aromatic carbocycles. The maximum atomic E-state index is 12.5. The predicted octanol–water partition coefficient (Wildman–Crippen LogP) is 5.14. The fraction of sp³-hybridized carbons (Fsp3) is 0.545. The molecule has 1 amide bonds. The highest BCUT2D eigenvalue weighted by molar-refractivity contribution is 7.23. The van der Waals surface area contributed by atoms with E-state index in [4.69, 9.17) is 4.74 Å². The van der Waals surface area contributed by atoms with Gasteiger partial charge in [0.2, 0.25) is 5.91 Å². The van der Waals surface area contributed by atoms with E-state index in [0.29, 0.717) is 27.2 Å². The standard InChI is InChI=1S/C22H32N2O4S/c1-5-8-12-24(13-9-6-2)14-16-10-11-17-18(22(27)28-7-3)21(23-15(4)25)29-20(17)19(16)26/h10-11,26H,5-9,12-14H2,1-4H3,(H,23,25). The smallest absolute Gasteiger partial charge is 0.341 e. The average Bonchev–Trinajstić information content (AvgIpc) is 3.04. The highest BCUT2D eigenvalue weighted by Gasteiger charge is 2.24. The van der Waals surface area contributed by atoms with Crippen LogP contribution in [0.25, 0.3) is 10.1 Å². The largest absolute Gasteiger partial charge is 0.506 e. The lowest BCUT2D eigenvalue weighted by molar-refractivity contribution is -0.114. The lowest BCUT2D eigenvalue weighted by Crippen LogP contribution is -2.25. The number of nitrogens with one attached hydrogen (secondary N) is 1. The maximum absolute atomic E-state index is 12.5. The quantitative estimate of drug-likeness (QED) is 0.492. The molecule has 29 heavy (non-hydrogen) atoms. The van der Waals surface area contributed by atoms with Gasteiger partial charge < -0.3 is 15.2 Å². The molecule has 6 nitrogen and oxygen atoms in total. The first kappa shape index (κ1) is 23.2. The second-order valence-corrected chi connectivity index (χ2v) is 8.16. The molecular weight excluding hydrogens is 388 g/mol. The third-order valence-corrected chi connectivity index (χ3v) is 5.86. The van der Waals surface area contributed by atoms with Crippen molar-refractivity contribution in [3.63, 3.8) is 0 Å². The van der Waals surface area contributed by atoms with Gasteiger partial charge in [0, 0.05) is 24.4 Å². The first-order valence-electron chi connectivity index (χ1n) is 10.4. The van der Waals surface area contributed by atoms with Crippen molar-refractivity contribution in [2.75, 3.05) is 25.0 Å². The van der Waals surface area contributed by atoms with E-state index in [2.05, 4.69) is 24.1 Å². The first-order chi connectivity index (χ1) is 13.9. The van der Waals surface area contributed by atoms with Gasteiger partial charge in [-0.05, 0) is 32.9 Å². The summed E-state index contributed by atoms with van der Waals surface area (Å²) in [4.78, 5) is 26.4. The minimum absolute atomic E-state index is 0.174. The van der Waals surface area contributed by atoms with Crippen LogP contribution in [0.1, 0.15) is 69.3 Å². The number of nitrogens with zero attached hydrogens (tertiary/aromatic N) is 1. The van der Waals surface area contributed by atoms with Crippen LogP contribution in [0.5, 0.6) is 5.75 Å². The number of thiophene rings is 1. The number of fused-ring (bicyclic) bond motifs is 1. The predicted molar refractivity (Wildman–Crippen MR) is 119 cm³/mol. The molecule has 0 atom stereocenters. The molecule has 0 spiro atoms. The lowest BCUT2D eigenvalue weighted by Gasteiger charge is -2.22. The SMILES string of the molecule is CCCCN(CCCC)Cc1ccc2c(C(=O)OCC)c(NC(C)=O)sc2c1O. The first-order valence-corrected chi connectivity index (χ1v) is 11.2. The number of ether oxygens (including phenoxy) is 1. The third kappa shape index (κ3) is 5.93. The number of esters is 1. The summed E-state index contributed by atoms with van der Waals surface area (Å²) < 4.78 is 5.76. The number of hydrogen-bond acceptors (Lipinski definition) is 6. The fourth-order valence-electron chi connectivity index (χ4n) is 3.24. The molecule has 160 valence electrons. The molecule has 0 fully saturated rings. The van der Waals surface area contributed by atoms with Gasteiger partial charge in [-0.15, -0.1) is 11.3 Å². The van der Waals surface area contributed by atoms with Crippen LogP contribution in [-0.4, -0.2) is 41.6 Å². The Morgan fingerprint density at radius 2 is 1.79 bits per heavy atom. The van der Waals surface area contributed by atoms with Crippen molar-refractivity contribution in [1.82, 2.24) is 4.90 Å². The molecule has 0 radical (unpaired) electrons. The molecule has 2 aromatic rings. The second-order valence-electron chi connectivity index (χ2n) is 7.14. The van der Waals surface area contributed by atoms with Gasteiger partial charge in [-0.25, -0.2) is 4.79 Å². The van der Waals surface area contributed by atoms with E-state index < -0.39 is 5.97 Å². The highest BCUT2D eigenvalue weighted by atomic mass is 32.1. The Labute approximate surface area is 176 Å². The molecular formula is C22H32N2O4S. The number of anilines is 1. The van der Waals surface area contributed by atoms with Gasteiger partial charge in [0.05, 0.1) is 11.3 Å². The number of carbonyl (C=O) groups excluding carboxylic acids is 2. The summed E-state index contributed by atoms with van der Waals surface area (Å²) >= 11 is 1.21. The molecule has 0 bridgehead atoms. The Kier molecular flexibility index (Phi) is 8.92. The van der Waals surface area contributed by atoms with E-state index >= 15 is 0 Å². The van der Waals surface area contributed by atoms with Crippen LogP contribution < -0.4 is 5.32 Å². The minimum atomic E-state index is -0.498.